The van der Waals surface area contributed by atoms with Crippen molar-refractivity contribution in [2.24, 2.45) is 5.92 Å². The van der Waals surface area contributed by atoms with Gasteiger partial charge in [0.15, 0.2) is 0 Å². The molecular formula is C16H21NOS. The molecule has 1 aromatic heterocycles. The molecule has 2 atom stereocenters. The summed E-state index contributed by atoms with van der Waals surface area (Å²) in [7, 11) is 0. The van der Waals surface area contributed by atoms with Crippen LogP contribution in [0.4, 0.5) is 0 Å². The van der Waals surface area contributed by atoms with E-state index < -0.39 is 0 Å². The van der Waals surface area contributed by atoms with Crippen molar-refractivity contribution in [1.82, 2.24) is 4.98 Å². The fourth-order valence-electron chi connectivity index (χ4n) is 2.17. The summed E-state index contributed by atoms with van der Waals surface area (Å²) >= 11 is 1.64. The van der Waals surface area contributed by atoms with Crippen molar-refractivity contribution in [2.75, 3.05) is 0 Å². The fraction of sp³-hybridized carbons (Fsp3) is 0.438. The highest BCUT2D eigenvalue weighted by atomic mass is 32.1. The van der Waals surface area contributed by atoms with Crippen molar-refractivity contribution >= 4 is 11.3 Å². The monoisotopic (exact) mass is 275 g/mol. The molecule has 0 aliphatic carbocycles. The first-order valence-corrected chi connectivity index (χ1v) is 7.76. The molecule has 0 bridgehead atoms. The van der Waals surface area contributed by atoms with Crippen molar-refractivity contribution in [3.8, 4) is 11.3 Å². The Morgan fingerprint density at radius 3 is 2.68 bits per heavy atom. The van der Waals surface area contributed by atoms with Crippen LogP contribution in [-0.2, 0) is 6.42 Å². The Morgan fingerprint density at radius 1 is 1.26 bits per heavy atom. The third kappa shape index (κ3) is 3.88. The van der Waals surface area contributed by atoms with Gasteiger partial charge in [-0.05, 0) is 12.3 Å². The van der Waals surface area contributed by atoms with E-state index in [1.54, 1.807) is 11.3 Å². The van der Waals surface area contributed by atoms with E-state index in [9.17, 15) is 5.11 Å². The number of hydrogen-bond acceptors (Lipinski definition) is 3. The zero-order valence-corrected chi connectivity index (χ0v) is 12.4. The van der Waals surface area contributed by atoms with E-state index in [2.05, 4.69) is 36.3 Å². The first-order valence-electron chi connectivity index (χ1n) is 6.88. The molecule has 2 unspecified atom stereocenters. The standard InChI is InChI=1S/C16H21NOS/c1-3-7-12(2)15(18)10-16-17-14(11-19-16)13-8-5-4-6-9-13/h4-6,8-9,11-12,15,18H,3,7,10H2,1-2H3. The SMILES string of the molecule is CCCC(C)C(O)Cc1nc(-c2ccccc2)cs1. The molecule has 2 aromatic rings. The van der Waals surface area contributed by atoms with Gasteiger partial charge >= 0.3 is 0 Å². The van der Waals surface area contributed by atoms with Crippen LogP contribution in [0.1, 0.15) is 31.7 Å². The van der Waals surface area contributed by atoms with E-state index in [0.717, 1.165) is 29.1 Å². The summed E-state index contributed by atoms with van der Waals surface area (Å²) < 4.78 is 0. The number of aromatic nitrogens is 1. The molecule has 0 saturated carbocycles. The summed E-state index contributed by atoms with van der Waals surface area (Å²) in [5, 5.41) is 13.2. The zero-order valence-electron chi connectivity index (χ0n) is 11.5. The molecular weight excluding hydrogens is 254 g/mol. The lowest BCUT2D eigenvalue weighted by Crippen LogP contribution is -2.20. The summed E-state index contributed by atoms with van der Waals surface area (Å²) in [5.41, 5.74) is 2.15. The Morgan fingerprint density at radius 2 is 2.00 bits per heavy atom. The number of rotatable bonds is 6. The predicted molar refractivity (Wildman–Crippen MR) is 81.3 cm³/mol. The average molecular weight is 275 g/mol. The normalized spacial score (nSPS) is 14.3. The summed E-state index contributed by atoms with van der Waals surface area (Å²) in [5.74, 6) is 0.342. The quantitative estimate of drug-likeness (QED) is 0.859. The van der Waals surface area contributed by atoms with Gasteiger partial charge in [0.25, 0.3) is 0 Å². The van der Waals surface area contributed by atoms with Crippen LogP contribution in [0.2, 0.25) is 0 Å². The van der Waals surface area contributed by atoms with Crippen LogP contribution >= 0.6 is 11.3 Å². The maximum Gasteiger partial charge on any atom is 0.0958 e. The van der Waals surface area contributed by atoms with Crippen molar-refractivity contribution in [1.29, 1.82) is 0 Å². The first-order chi connectivity index (χ1) is 9.20. The maximum absolute atomic E-state index is 10.1. The van der Waals surface area contributed by atoms with E-state index in [1.807, 2.05) is 18.2 Å². The Labute approximate surface area is 119 Å². The molecule has 3 heteroatoms. The van der Waals surface area contributed by atoms with Gasteiger partial charge in [-0.2, -0.15) is 0 Å². The molecule has 0 aliphatic heterocycles. The lowest BCUT2D eigenvalue weighted by atomic mass is 9.97. The van der Waals surface area contributed by atoms with E-state index in [4.69, 9.17) is 0 Å². The Hall–Kier alpha value is -1.19. The second kappa shape index (κ2) is 6.83. The minimum atomic E-state index is -0.283. The first kappa shape index (κ1) is 14.2. The fourth-order valence-corrected chi connectivity index (χ4v) is 3.03. The molecule has 19 heavy (non-hydrogen) atoms. The minimum absolute atomic E-state index is 0.283. The third-order valence-electron chi connectivity index (χ3n) is 3.41. The lowest BCUT2D eigenvalue weighted by Gasteiger charge is -2.16. The lowest BCUT2D eigenvalue weighted by molar-refractivity contribution is 0.111. The number of hydrogen-bond donors (Lipinski definition) is 1. The molecule has 0 radical (unpaired) electrons. The van der Waals surface area contributed by atoms with Gasteiger partial charge in [-0.25, -0.2) is 4.98 Å². The molecule has 102 valence electrons. The number of aliphatic hydroxyl groups is 1. The molecule has 1 heterocycles. The number of nitrogens with zero attached hydrogens (tertiary/aromatic N) is 1. The average Bonchev–Trinajstić information content (AvgIpc) is 2.88. The summed E-state index contributed by atoms with van der Waals surface area (Å²) in [4.78, 5) is 4.62. The highest BCUT2D eigenvalue weighted by molar-refractivity contribution is 7.09. The highest BCUT2D eigenvalue weighted by Gasteiger charge is 2.16. The molecule has 0 aliphatic rings. The van der Waals surface area contributed by atoms with Gasteiger partial charge < -0.3 is 5.11 Å². The van der Waals surface area contributed by atoms with Crippen molar-refractivity contribution in [2.45, 2.75) is 39.2 Å². The van der Waals surface area contributed by atoms with Crippen molar-refractivity contribution in [3.63, 3.8) is 0 Å². The van der Waals surface area contributed by atoms with Gasteiger partial charge in [0, 0.05) is 17.4 Å². The summed E-state index contributed by atoms with van der Waals surface area (Å²) in [6.45, 7) is 4.26. The number of benzene rings is 1. The molecule has 0 saturated heterocycles. The minimum Gasteiger partial charge on any atom is -0.392 e. The van der Waals surface area contributed by atoms with Gasteiger partial charge in [0.1, 0.15) is 0 Å². The van der Waals surface area contributed by atoms with E-state index >= 15 is 0 Å². The van der Waals surface area contributed by atoms with Crippen LogP contribution in [-0.4, -0.2) is 16.2 Å². The smallest absolute Gasteiger partial charge is 0.0958 e. The Balaban J connectivity index is 2.02. The van der Waals surface area contributed by atoms with Crippen LogP contribution in [0.3, 0.4) is 0 Å². The van der Waals surface area contributed by atoms with Crippen molar-refractivity contribution < 1.29 is 5.11 Å². The highest BCUT2D eigenvalue weighted by Crippen LogP contribution is 2.23. The molecule has 1 N–H and O–H groups in total. The number of aliphatic hydroxyl groups excluding tert-OH is 1. The topological polar surface area (TPSA) is 33.1 Å². The van der Waals surface area contributed by atoms with E-state index in [-0.39, 0.29) is 6.10 Å². The summed E-state index contributed by atoms with van der Waals surface area (Å²) in [6.07, 6.45) is 2.57. The van der Waals surface area contributed by atoms with Crippen molar-refractivity contribution in [3.05, 3.63) is 40.7 Å². The molecule has 0 fully saturated rings. The van der Waals surface area contributed by atoms with Crippen LogP contribution in [0.15, 0.2) is 35.7 Å². The molecule has 2 nitrogen and oxygen atoms in total. The molecule has 1 aromatic carbocycles. The van der Waals surface area contributed by atoms with Crippen LogP contribution in [0.5, 0.6) is 0 Å². The van der Waals surface area contributed by atoms with Gasteiger partial charge in [0.2, 0.25) is 0 Å². The second-order valence-electron chi connectivity index (χ2n) is 5.03. The van der Waals surface area contributed by atoms with Gasteiger partial charge in [-0.15, -0.1) is 11.3 Å². The largest absolute Gasteiger partial charge is 0.392 e. The van der Waals surface area contributed by atoms with Crippen LogP contribution in [0.25, 0.3) is 11.3 Å². The predicted octanol–water partition coefficient (Wildman–Crippen LogP) is 4.15. The molecule has 2 rings (SSSR count). The zero-order chi connectivity index (χ0) is 13.7. The van der Waals surface area contributed by atoms with E-state index in [0.29, 0.717) is 12.3 Å². The molecule has 0 spiro atoms. The third-order valence-corrected chi connectivity index (χ3v) is 4.28. The van der Waals surface area contributed by atoms with Crippen LogP contribution < -0.4 is 0 Å². The van der Waals surface area contributed by atoms with Gasteiger partial charge in [0.05, 0.1) is 16.8 Å². The maximum atomic E-state index is 10.1. The second-order valence-corrected chi connectivity index (χ2v) is 5.97. The van der Waals surface area contributed by atoms with Gasteiger partial charge in [-0.1, -0.05) is 50.6 Å². The Kier molecular flexibility index (Phi) is 5.11. The van der Waals surface area contributed by atoms with E-state index in [1.165, 1.54) is 0 Å². The Bertz CT molecular complexity index is 494. The summed E-state index contributed by atoms with van der Waals surface area (Å²) in [6, 6.07) is 10.2. The van der Waals surface area contributed by atoms with Crippen LogP contribution in [0, 0.1) is 5.92 Å². The molecule has 0 amide bonds. The van der Waals surface area contributed by atoms with Gasteiger partial charge in [-0.3, -0.25) is 0 Å². The number of thiazole rings is 1.